The summed E-state index contributed by atoms with van der Waals surface area (Å²) in [6.45, 7) is 3.66. The van der Waals surface area contributed by atoms with Crippen molar-refractivity contribution in [3.63, 3.8) is 0 Å². The molecule has 0 unspecified atom stereocenters. The Labute approximate surface area is 209 Å². The van der Waals surface area contributed by atoms with Gasteiger partial charge >= 0.3 is 0 Å². The molecule has 0 saturated heterocycles. The van der Waals surface area contributed by atoms with Crippen LogP contribution in [0.3, 0.4) is 0 Å². The number of rotatable bonds is 16. The number of benzene rings is 2. The second-order valence-electron chi connectivity index (χ2n) is 8.37. The lowest BCUT2D eigenvalue weighted by Crippen LogP contribution is -2.04. The van der Waals surface area contributed by atoms with Crippen molar-refractivity contribution in [1.29, 1.82) is 0 Å². The van der Waals surface area contributed by atoms with Gasteiger partial charge in [-0.05, 0) is 41.8 Å². The Bertz CT molecular complexity index is 919. The van der Waals surface area contributed by atoms with Crippen LogP contribution in [0.25, 0.3) is 0 Å². The first-order chi connectivity index (χ1) is 17.2. The van der Waals surface area contributed by atoms with Crippen LogP contribution in [0, 0.1) is 0 Å². The molecule has 6 nitrogen and oxygen atoms in total. The van der Waals surface area contributed by atoms with Crippen molar-refractivity contribution in [3.05, 3.63) is 71.8 Å². The lowest BCUT2D eigenvalue weighted by Gasteiger charge is -2.13. The molecule has 0 aliphatic heterocycles. The van der Waals surface area contributed by atoms with Gasteiger partial charge in [-0.1, -0.05) is 63.3 Å². The van der Waals surface area contributed by atoms with Gasteiger partial charge in [0.05, 0.1) is 20.8 Å². The van der Waals surface area contributed by atoms with Crippen LogP contribution in [-0.4, -0.2) is 25.8 Å². The van der Waals surface area contributed by atoms with Crippen LogP contribution < -0.4 is 23.7 Å². The number of ether oxygens (including phenoxy) is 5. The van der Waals surface area contributed by atoms with Gasteiger partial charge in [-0.15, -0.1) is 0 Å². The number of hydrogen-bond donors (Lipinski definition) is 0. The highest BCUT2D eigenvalue weighted by Gasteiger charge is 2.08. The Balaban J connectivity index is 1.61. The summed E-state index contributed by atoms with van der Waals surface area (Å²) in [4.78, 5) is 4.54. The summed E-state index contributed by atoms with van der Waals surface area (Å²) in [5.74, 6) is 3.25. The predicted octanol–water partition coefficient (Wildman–Crippen LogP) is 7.00. The zero-order chi connectivity index (χ0) is 24.7. The van der Waals surface area contributed by atoms with Gasteiger partial charge < -0.3 is 23.7 Å². The molecule has 0 amide bonds. The molecule has 188 valence electrons. The molecule has 0 aliphatic carbocycles. The lowest BCUT2D eigenvalue weighted by atomic mass is 10.1. The van der Waals surface area contributed by atoms with Gasteiger partial charge in [-0.2, -0.15) is 4.98 Å². The molecule has 1 aromatic heterocycles. The van der Waals surface area contributed by atoms with Crippen LogP contribution in [0.1, 0.15) is 56.6 Å². The van der Waals surface area contributed by atoms with Gasteiger partial charge in [-0.25, -0.2) is 0 Å². The van der Waals surface area contributed by atoms with Crippen LogP contribution in [0.4, 0.5) is 0 Å². The van der Waals surface area contributed by atoms with E-state index in [2.05, 4.69) is 11.9 Å². The summed E-state index contributed by atoms with van der Waals surface area (Å²) in [5, 5.41) is 0. The second kappa shape index (κ2) is 14.8. The van der Waals surface area contributed by atoms with E-state index in [0.29, 0.717) is 37.3 Å². The van der Waals surface area contributed by atoms with E-state index in [9.17, 15) is 0 Å². The van der Waals surface area contributed by atoms with Gasteiger partial charge in [0.25, 0.3) is 0 Å². The first-order valence-corrected chi connectivity index (χ1v) is 12.4. The summed E-state index contributed by atoms with van der Waals surface area (Å²) in [6.07, 6.45) is 7.24. The van der Waals surface area contributed by atoms with Gasteiger partial charge in [0.1, 0.15) is 30.5 Å². The van der Waals surface area contributed by atoms with Gasteiger partial charge in [-0.3, -0.25) is 0 Å². The topological polar surface area (TPSA) is 59.0 Å². The first kappa shape index (κ1) is 26.2. The first-order valence-electron chi connectivity index (χ1n) is 12.4. The molecular weight excluding hydrogens is 442 g/mol. The van der Waals surface area contributed by atoms with E-state index in [-0.39, 0.29) is 0 Å². The fourth-order valence-electron chi connectivity index (χ4n) is 3.52. The normalized spacial score (nSPS) is 10.6. The van der Waals surface area contributed by atoms with Crippen LogP contribution in [-0.2, 0) is 13.2 Å². The summed E-state index contributed by atoms with van der Waals surface area (Å²) < 4.78 is 28.4. The number of hydrogen-bond acceptors (Lipinski definition) is 6. The Kier molecular flexibility index (Phi) is 11.1. The zero-order valence-electron chi connectivity index (χ0n) is 21.1. The SMILES string of the molecule is CCCCCCCCOc1cc(OCc2ccc(OC)cc2)cc(OCc2ccc(OC)cc2)n1. The highest BCUT2D eigenvalue weighted by Crippen LogP contribution is 2.26. The molecule has 0 spiro atoms. The molecule has 35 heavy (non-hydrogen) atoms. The molecular formula is C29H37NO5. The zero-order valence-corrected chi connectivity index (χ0v) is 21.1. The third-order valence-corrected chi connectivity index (χ3v) is 5.61. The van der Waals surface area contributed by atoms with Crippen LogP contribution in [0.15, 0.2) is 60.7 Å². The standard InChI is InChI=1S/C29H37NO5/c1-4-5-6-7-8-9-18-33-28-19-27(34-21-23-10-14-25(31-2)15-11-23)20-29(30-28)35-22-24-12-16-26(32-3)17-13-24/h10-17,19-20H,4-9,18,21-22H2,1-3H3. The summed E-state index contributed by atoms with van der Waals surface area (Å²) in [6, 6.07) is 19.2. The number of methoxy groups -OCH3 is 2. The smallest absolute Gasteiger partial charge is 0.220 e. The summed E-state index contributed by atoms with van der Waals surface area (Å²) in [5.41, 5.74) is 2.06. The van der Waals surface area contributed by atoms with Crippen molar-refractivity contribution in [2.24, 2.45) is 0 Å². The van der Waals surface area contributed by atoms with E-state index in [0.717, 1.165) is 35.5 Å². The molecule has 6 heteroatoms. The highest BCUT2D eigenvalue weighted by molar-refractivity contribution is 5.35. The maximum atomic E-state index is 6.04. The maximum absolute atomic E-state index is 6.04. The molecule has 0 radical (unpaired) electrons. The average molecular weight is 480 g/mol. The minimum Gasteiger partial charge on any atom is -0.497 e. The fraction of sp³-hybridized carbons (Fsp3) is 0.414. The largest absolute Gasteiger partial charge is 0.497 e. The van der Waals surface area contributed by atoms with E-state index in [4.69, 9.17) is 23.7 Å². The third-order valence-electron chi connectivity index (χ3n) is 5.61. The van der Waals surface area contributed by atoms with Crippen LogP contribution >= 0.6 is 0 Å². The highest BCUT2D eigenvalue weighted by atomic mass is 16.5. The minimum absolute atomic E-state index is 0.385. The summed E-state index contributed by atoms with van der Waals surface area (Å²) in [7, 11) is 3.31. The van der Waals surface area contributed by atoms with E-state index < -0.39 is 0 Å². The molecule has 0 aliphatic rings. The Morgan fingerprint density at radius 1 is 0.571 bits per heavy atom. The monoisotopic (exact) mass is 479 g/mol. The van der Waals surface area contributed by atoms with E-state index in [1.54, 1.807) is 20.3 Å². The summed E-state index contributed by atoms with van der Waals surface area (Å²) >= 11 is 0. The van der Waals surface area contributed by atoms with Crippen LogP contribution in [0.5, 0.6) is 29.0 Å². The third kappa shape index (κ3) is 9.39. The van der Waals surface area contributed by atoms with Gasteiger partial charge in [0, 0.05) is 12.1 Å². The van der Waals surface area contributed by atoms with Crippen molar-refractivity contribution in [2.45, 2.75) is 58.7 Å². The molecule has 0 atom stereocenters. The lowest BCUT2D eigenvalue weighted by molar-refractivity contribution is 0.257. The molecule has 0 fully saturated rings. The minimum atomic E-state index is 0.385. The molecule has 1 heterocycles. The van der Waals surface area contributed by atoms with Crippen molar-refractivity contribution >= 4 is 0 Å². The van der Waals surface area contributed by atoms with Crippen molar-refractivity contribution in [2.75, 3.05) is 20.8 Å². The van der Waals surface area contributed by atoms with Crippen molar-refractivity contribution in [1.82, 2.24) is 4.98 Å². The molecule has 3 rings (SSSR count). The quantitative estimate of drug-likeness (QED) is 0.206. The Hall–Kier alpha value is -3.41. The number of pyridine rings is 1. The van der Waals surface area contributed by atoms with Gasteiger partial charge in [0.15, 0.2) is 0 Å². The number of aromatic nitrogens is 1. The fourth-order valence-corrected chi connectivity index (χ4v) is 3.52. The van der Waals surface area contributed by atoms with E-state index >= 15 is 0 Å². The van der Waals surface area contributed by atoms with E-state index in [1.165, 1.54) is 25.7 Å². The molecule has 0 bridgehead atoms. The molecule has 0 saturated carbocycles. The molecule has 0 N–H and O–H groups in total. The number of unbranched alkanes of at least 4 members (excludes halogenated alkanes) is 5. The average Bonchev–Trinajstić information content (AvgIpc) is 2.91. The van der Waals surface area contributed by atoms with Crippen molar-refractivity contribution < 1.29 is 23.7 Å². The van der Waals surface area contributed by atoms with Crippen molar-refractivity contribution in [3.8, 4) is 29.0 Å². The predicted molar refractivity (Wildman–Crippen MR) is 138 cm³/mol. The van der Waals surface area contributed by atoms with Crippen LogP contribution in [0.2, 0.25) is 0 Å². The van der Waals surface area contributed by atoms with Gasteiger partial charge in [0.2, 0.25) is 11.8 Å². The molecule has 3 aromatic rings. The van der Waals surface area contributed by atoms with E-state index in [1.807, 2.05) is 54.6 Å². The maximum Gasteiger partial charge on any atom is 0.220 e. The molecule has 2 aromatic carbocycles. The second-order valence-corrected chi connectivity index (χ2v) is 8.37. The number of nitrogens with zero attached hydrogens (tertiary/aromatic N) is 1. The Morgan fingerprint density at radius 2 is 1.09 bits per heavy atom. The Morgan fingerprint density at radius 3 is 1.66 bits per heavy atom.